The molecule has 1 aliphatic heterocycles. The fraction of sp³-hybridized carbons (Fsp3) is 0.318. The standard InChI is InChI=1S/C22H23N3O3/c1-15(24-22(28)25-11-9-19(10-12-25)21(26)27)17-5-7-18(8-6-17)20-4-2-3-16(13-20)14-23/h2-8,13,15,19H,9-12H2,1H3,(H,24,28)(H,26,27). The molecule has 1 heterocycles. The molecule has 2 N–H and O–H groups in total. The van der Waals surface area contributed by atoms with Gasteiger partial charge in [-0.1, -0.05) is 36.4 Å². The number of benzene rings is 2. The van der Waals surface area contributed by atoms with E-state index in [0.29, 0.717) is 31.5 Å². The smallest absolute Gasteiger partial charge is 0.317 e. The maximum Gasteiger partial charge on any atom is 0.317 e. The van der Waals surface area contributed by atoms with Crippen LogP contribution in [0.25, 0.3) is 11.1 Å². The molecule has 1 atom stereocenters. The van der Waals surface area contributed by atoms with E-state index in [1.54, 1.807) is 11.0 Å². The van der Waals surface area contributed by atoms with E-state index in [-0.39, 0.29) is 18.0 Å². The predicted molar refractivity (Wildman–Crippen MR) is 105 cm³/mol. The molecular weight excluding hydrogens is 354 g/mol. The van der Waals surface area contributed by atoms with Crippen LogP contribution in [0.4, 0.5) is 4.79 Å². The lowest BCUT2D eigenvalue weighted by Crippen LogP contribution is -2.46. The Morgan fingerprint density at radius 1 is 1.14 bits per heavy atom. The van der Waals surface area contributed by atoms with Crippen molar-refractivity contribution in [3.8, 4) is 17.2 Å². The van der Waals surface area contributed by atoms with Crippen molar-refractivity contribution >= 4 is 12.0 Å². The molecule has 6 heteroatoms. The number of piperidine rings is 1. The largest absolute Gasteiger partial charge is 0.481 e. The van der Waals surface area contributed by atoms with E-state index in [1.165, 1.54) is 0 Å². The molecule has 2 amide bonds. The van der Waals surface area contributed by atoms with Gasteiger partial charge in [-0.2, -0.15) is 5.26 Å². The molecule has 0 bridgehead atoms. The highest BCUT2D eigenvalue weighted by Gasteiger charge is 2.27. The van der Waals surface area contributed by atoms with Crippen LogP contribution in [0.15, 0.2) is 48.5 Å². The van der Waals surface area contributed by atoms with Gasteiger partial charge >= 0.3 is 12.0 Å². The average Bonchev–Trinajstić information content (AvgIpc) is 2.73. The Kier molecular flexibility index (Phi) is 5.95. The van der Waals surface area contributed by atoms with E-state index in [4.69, 9.17) is 10.4 Å². The minimum Gasteiger partial charge on any atom is -0.481 e. The Hall–Kier alpha value is -3.33. The van der Waals surface area contributed by atoms with Crippen LogP contribution in [0.5, 0.6) is 0 Å². The topological polar surface area (TPSA) is 93.4 Å². The van der Waals surface area contributed by atoms with Gasteiger partial charge in [-0.15, -0.1) is 0 Å². The van der Waals surface area contributed by atoms with Crippen molar-refractivity contribution in [3.05, 3.63) is 59.7 Å². The summed E-state index contributed by atoms with van der Waals surface area (Å²) in [6.07, 6.45) is 0.987. The number of amides is 2. The molecule has 0 aromatic heterocycles. The number of carboxylic acids is 1. The minimum absolute atomic E-state index is 0.163. The van der Waals surface area contributed by atoms with Gasteiger partial charge in [0.2, 0.25) is 0 Å². The second kappa shape index (κ2) is 8.57. The lowest BCUT2D eigenvalue weighted by molar-refractivity contribution is -0.143. The third-order valence-electron chi connectivity index (χ3n) is 5.21. The Morgan fingerprint density at radius 2 is 1.82 bits per heavy atom. The van der Waals surface area contributed by atoms with Crippen molar-refractivity contribution in [3.63, 3.8) is 0 Å². The molecule has 1 aliphatic rings. The van der Waals surface area contributed by atoms with Gasteiger partial charge < -0.3 is 15.3 Å². The maximum atomic E-state index is 12.5. The SMILES string of the molecule is CC(NC(=O)N1CCC(C(=O)O)CC1)c1ccc(-c2cccc(C#N)c2)cc1. The number of hydrogen-bond donors (Lipinski definition) is 2. The van der Waals surface area contributed by atoms with E-state index >= 15 is 0 Å². The third kappa shape index (κ3) is 4.49. The van der Waals surface area contributed by atoms with Gasteiger partial charge in [0.25, 0.3) is 0 Å². The highest BCUT2D eigenvalue weighted by Crippen LogP contribution is 2.23. The van der Waals surface area contributed by atoms with Crippen LogP contribution in [-0.4, -0.2) is 35.1 Å². The first-order valence-corrected chi connectivity index (χ1v) is 9.36. The van der Waals surface area contributed by atoms with Gasteiger partial charge in [-0.05, 0) is 48.6 Å². The molecule has 2 aromatic rings. The molecule has 0 spiro atoms. The summed E-state index contributed by atoms with van der Waals surface area (Å²) in [5.41, 5.74) is 3.58. The number of nitriles is 1. The summed E-state index contributed by atoms with van der Waals surface area (Å²) in [5, 5.41) is 21.1. The zero-order valence-corrected chi connectivity index (χ0v) is 15.8. The van der Waals surface area contributed by atoms with E-state index in [1.807, 2.05) is 49.4 Å². The van der Waals surface area contributed by atoms with E-state index in [0.717, 1.165) is 16.7 Å². The molecule has 1 unspecified atom stereocenters. The van der Waals surface area contributed by atoms with E-state index in [9.17, 15) is 9.59 Å². The molecule has 28 heavy (non-hydrogen) atoms. The molecule has 0 saturated carbocycles. The minimum atomic E-state index is -0.783. The van der Waals surface area contributed by atoms with Crippen molar-refractivity contribution < 1.29 is 14.7 Å². The molecule has 1 fully saturated rings. The van der Waals surface area contributed by atoms with Gasteiger partial charge in [0, 0.05) is 13.1 Å². The highest BCUT2D eigenvalue weighted by atomic mass is 16.4. The van der Waals surface area contributed by atoms with Gasteiger partial charge in [0.15, 0.2) is 0 Å². The summed E-state index contributed by atoms with van der Waals surface area (Å²) in [4.78, 5) is 25.2. The zero-order chi connectivity index (χ0) is 20.1. The number of nitrogens with one attached hydrogen (secondary N) is 1. The quantitative estimate of drug-likeness (QED) is 0.848. The fourth-order valence-electron chi connectivity index (χ4n) is 3.42. The lowest BCUT2D eigenvalue weighted by atomic mass is 9.97. The van der Waals surface area contributed by atoms with Gasteiger partial charge in [0.1, 0.15) is 0 Å². The molecule has 1 saturated heterocycles. The number of carbonyl (C=O) groups is 2. The Labute approximate surface area is 164 Å². The van der Waals surface area contributed by atoms with Gasteiger partial charge in [-0.3, -0.25) is 4.79 Å². The molecule has 144 valence electrons. The van der Waals surface area contributed by atoms with Gasteiger partial charge in [0.05, 0.1) is 23.6 Å². The maximum absolute atomic E-state index is 12.5. The van der Waals surface area contributed by atoms with Crippen LogP contribution in [0, 0.1) is 17.2 Å². The number of aliphatic carboxylic acids is 1. The number of urea groups is 1. The number of likely N-dealkylation sites (tertiary alicyclic amines) is 1. The number of rotatable bonds is 4. The van der Waals surface area contributed by atoms with Crippen molar-refractivity contribution in [1.82, 2.24) is 10.2 Å². The molecule has 6 nitrogen and oxygen atoms in total. The van der Waals surface area contributed by atoms with E-state index < -0.39 is 5.97 Å². The van der Waals surface area contributed by atoms with Crippen molar-refractivity contribution in [2.45, 2.75) is 25.8 Å². The summed E-state index contributed by atoms with van der Waals surface area (Å²) < 4.78 is 0. The summed E-state index contributed by atoms with van der Waals surface area (Å²) in [7, 11) is 0. The van der Waals surface area contributed by atoms with Crippen LogP contribution in [0.2, 0.25) is 0 Å². The van der Waals surface area contributed by atoms with Crippen LogP contribution in [0.1, 0.15) is 36.9 Å². The van der Waals surface area contributed by atoms with Gasteiger partial charge in [-0.25, -0.2) is 4.79 Å². The first kappa shape index (κ1) is 19.4. The molecular formula is C22H23N3O3. The zero-order valence-electron chi connectivity index (χ0n) is 15.8. The summed E-state index contributed by atoms with van der Waals surface area (Å²) in [6, 6.07) is 17.2. The second-order valence-electron chi connectivity index (χ2n) is 7.09. The normalized spacial score (nSPS) is 15.5. The number of hydrogen-bond acceptors (Lipinski definition) is 3. The fourth-order valence-corrected chi connectivity index (χ4v) is 3.42. The van der Waals surface area contributed by atoms with Crippen molar-refractivity contribution in [1.29, 1.82) is 5.26 Å². The average molecular weight is 377 g/mol. The third-order valence-corrected chi connectivity index (χ3v) is 5.21. The first-order valence-electron chi connectivity index (χ1n) is 9.36. The predicted octanol–water partition coefficient (Wildman–Crippen LogP) is 3.79. The Balaban J connectivity index is 1.60. The molecule has 0 radical (unpaired) electrons. The van der Waals surface area contributed by atoms with Crippen molar-refractivity contribution in [2.75, 3.05) is 13.1 Å². The van der Waals surface area contributed by atoms with Crippen LogP contribution >= 0.6 is 0 Å². The summed E-state index contributed by atoms with van der Waals surface area (Å²) >= 11 is 0. The Bertz CT molecular complexity index is 894. The number of carboxylic acid groups (broad SMARTS) is 1. The van der Waals surface area contributed by atoms with Crippen molar-refractivity contribution in [2.24, 2.45) is 5.92 Å². The van der Waals surface area contributed by atoms with E-state index in [2.05, 4.69) is 11.4 Å². The van der Waals surface area contributed by atoms with Crippen LogP contribution in [0.3, 0.4) is 0 Å². The van der Waals surface area contributed by atoms with Crippen LogP contribution < -0.4 is 5.32 Å². The monoisotopic (exact) mass is 377 g/mol. The summed E-state index contributed by atoms with van der Waals surface area (Å²) in [5.74, 6) is -1.14. The molecule has 0 aliphatic carbocycles. The molecule has 3 rings (SSSR count). The Morgan fingerprint density at radius 3 is 2.43 bits per heavy atom. The summed E-state index contributed by atoms with van der Waals surface area (Å²) in [6.45, 7) is 2.85. The highest BCUT2D eigenvalue weighted by molar-refractivity contribution is 5.76. The number of nitrogens with zero attached hydrogens (tertiary/aromatic N) is 2. The lowest BCUT2D eigenvalue weighted by Gasteiger charge is -2.31. The second-order valence-corrected chi connectivity index (χ2v) is 7.09. The molecule has 2 aromatic carbocycles. The number of carbonyl (C=O) groups excluding carboxylic acids is 1. The first-order chi connectivity index (χ1) is 13.5. The van der Waals surface area contributed by atoms with Crippen LogP contribution in [-0.2, 0) is 4.79 Å².